The second-order valence-corrected chi connectivity index (χ2v) is 5.60. The van der Waals surface area contributed by atoms with Crippen LogP contribution in [0.4, 0.5) is 11.4 Å². The monoisotopic (exact) mass is 368 g/mol. The van der Waals surface area contributed by atoms with Gasteiger partial charge in [0.2, 0.25) is 5.89 Å². The number of ether oxygens (including phenoxy) is 1. The Morgan fingerprint density at radius 1 is 1.22 bits per heavy atom. The Labute approximate surface area is 154 Å². The maximum absolute atomic E-state index is 12.3. The van der Waals surface area contributed by atoms with Crippen LogP contribution in [0.3, 0.4) is 0 Å². The quantitative estimate of drug-likeness (QED) is 0.398. The third kappa shape index (κ3) is 3.92. The van der Waals surface area contributed by atoms with Crippen molar-refractivity contribution < 1.29 is 18.9 Å². The van der Waals surface area contributed by atoms with Gasteiger partial charge >= 0.3 is 5.97 Å². The van der Waals surface area contributed by atoms with Crippen LogP contribution < -0.4 is 5.32 Å². The van der Waals surface area contributed by atoms with Crippen molar-refractivity contribution in [1.29, 1.82) is 0 Å². The Kier molecular flexibility index (Phi) is 5.11. The molecule has 0 saturated heterocycles. The van der Waals surface area contributed by atoms with Gasteiger partial charge in [0.1, 0.15) is 5.69 Å². The van der Waals surface area contributed by atoms with Crippen LogP contribution in [-0.4, -0.2) is 28.1 Å². The fourth-order valence-corrected chi connectivity index (χ4v) is 2.40. The molecule has 0 saturated carbocycles. The minimum Gasteiger partial charge on any atom is -0.449 e. The maximum Gasteiger partial charge on any atom is 0.339 e. The summed E-state index contributed by atoms with van der Waals surface area (Å²) < 4.78 is 10.9. The lowest BCUT2D eigenvalue weighted by Crippen LogP contribution is -2.10. The van der Waals surface area contributed by atoms with Gasteiger partial charge in [0.25, 0.3) is 11.6 Å². The Balaban J connectivity index is 1.75. The first-order valence-electron chi connectivity index (χ1n) is 8.05. The van der Waals surface area contributed by atoms with Crippen LogP contribution in [0.15, 0.2) is 52.9 Å². The summed E-state index contributed by atoms with van der Waals surface area (Å²) in [5.74, 6) is -0.293. The highest BCUT2D eigenvalue weighted by atomic mass is 16.6. The highest BCUT2D eigenvalue weighted by Gasteiger charge is 2.22. The van der Waals surface area contributed by atoms with Gasteiger partial charge in [-0.3, -0.25) is 10.1 Å². The molecule has 3 aromatic rings. The molecule has 0 unspecified atom stereocenters. The fourth-order valence-electron chi connectivity index (χ4n) is 2.40. The third-order valence-electron chi connectivity index (χ3n) is 3.79. The molecular formula is C18H16N4O5. The number of nitro benzene ring substituents is 1. The number of carbonyl (C=O) groups excluding carboxylic acids is 1. The van der Waals surface area contributed by atoms with E-state index in [2.05, 4.69) is 15.5 Å². The number of aromatic nitrogens is 2. The van der Waals surface area contributed by atoms with Gasteiger partial charge in [0, 0.05) is 18.7 Å². The molecule has 1 atom stereocenters. The summed E-state index contributed by atoms with van der Waals surface area (Å²) in [4.78, 5) is 22.9. The SMILES string of the molecule is CNc1ccc(C(=O)O[C@H](C)c2nnc(-c3ccccc3)o2)cc1[N+](=O)[O-]. The van der Waals surface area contributed by atoms with Crippen molar-refractivity contribution in [2.45, 2.75) is 13.0 Å². The first-order chi connectivity index (χ1) is 13.0. The largest absolute Gasteiger partial charge is 0.449 e. The Hall–Kier alpha value is -3.75. The lowest BCUT2D eigenvalue weighted by molar-refractivity contribution is -0.384. The minimum absolute atomic E-state index is 0.0512. The van der Waals surface area contributed by atoms with Gasteiger partial charge in [-0.05, 0) is 31.2 Å². The molecule has 138 valence electrons. The number of nitro groups is 1. The van der Waals surface area contributed by atoms with Gasteiger partial charge in [-0.2, -0.15) is 0 Å². The van der Waals surface area contributed by atoms with Crippen LogP contribution in [-0.2, 0) is 4.74 Å². The first-order valence-corrected chi connectivity index (χ1v) is 8.05. The van der Waals surface area contributed by atoms with Crippen molar-refractivity contribution in [3.63, 3.8) is 0 Å². The summed E-state index contributed by atoms with van der Waals surface area (Å²) in [5, 5.41) is 21.7. The van der Waals surface area contributed by atoms with Gasteiger partial charge in [-0.25, -0.2) is 4.79 Å². The molecule has 9 nitrogen and oxygen atoms in total. The Morgan fingerprint density at radius 2 is 1.96 bits per heavy atom. The Bertz CT molecular complexity index is 971. The number of benzene rings is 2. The van der Waals surface area contributed by atoms with E-state index in [9.17, 15) is 14.9 Å². The number of carbonyl (C=O) groups is 1. The number of esters is 1. The molecule has 0 amide bonds. The number of hydrogen-bond donors (Lipinski definition) is 1. The summed E-state index contributed by atoms with van der Waals surface area (Å²) >= 11 is 0. The molecule has 0 radical (unpaired) electrons. The molecule has 0 aliphatic carbocycles. The van der Waals surface area contributed by atoms with Crippen LogP contribution >= 0.6 is 0 Å². The first kappa shape index (κ1) is 18.1. The summed E-state index contributed by atoms with van der Waals surface area (Å²) in [6, 6.07) is 13.2. The van der Waals surface area contributed by atoms with E-state index in [1.165, 1.54) is 12.1 Å². The van der Waals surface area contributed by atoms with Crippen LogP contribution in [0, 0.1) is 10.1 Å². The molecule has 2 aromatic carbocycles. The number of anilines is 1. The van der Waals surface area contributed by atoms with Crippen molar-refractivity contribution in [2.24, 2.45) is 0 Å². The highest BCUT2D eigenvalue weighted by Crippen LogP contribution is 2.27. The van der Waals surface area contributed by atoms with Crippen molar-refractivity contribution in [3.8, 4) is 11.5 Å². The number of hydrogen-bond acceptors (Lipinski definition) is 8. The van der Waals surface area contributed by atoms with Crippen molar-refractivity contribution in [3.05, 3.63) is 70.1 Å². The van der Waals surface area contributed by atoms with Gasteiger partial charge in [0.05, 0.1) is 10.5 Å². The van der Waals surface area contributed by atoms with E-state index in [0.717, 1.165) is 11.6 Å². The smallest absolute Gasteiger partial charge is 0.339 e. The van der Waals surface area contributed by atoms with Gasteiger partial charge in [-0.15, -0.1) is 10.2 Å². The number of rotatable bonds is 6. The molecular weight excluding hydrogens is 352 g/mol. The molecule has 0 bridgehead atoms. The fraction of sp³-hybridized carbons (Fsp3) is 0.167. The van der Waals surface area contributed by atoms with E-state index in [4.69, 9.17) is 9.15 Å². The minimum atomic E-state index is -0.814. The number of nitrogens with zero attached hydrogens (tertiary/aromatic N) is 3. The van der Waals surface area contributed by atoms with E-state index in [-0.39, 0.29) is 17.1 Å². The van der Waals surface area contributed by atoms with Crippen LogP contribution in [0.25, 0.3) is 11.5 Å². The van der Waals surface area contributed by atoms with Crippen molar-refractivity contribution in [2.75, 3.05) is 12.4 Å². The molecule has 9 heteroatoms. The predicted octanol–water partition coefficient (Wildman–Crippen LogP) is 3.60. The molecule has 0 fully saturated rings. The van der Waals surface area contributed by atoms with Crippen molar-refractivity contribution in [1.82, 2.24) is 10.2 Å². The lowest BCUT2D eigenvalue weighted by atomic mass is 10.1. The zero-order chi connectivity index (χ0) is 19.4. The van der Waals surface area contributed by atoms with Gasteiger partial charge < -0.3 is 14.5 Å². The second kappa shape index (κ2) is 7.65. The van der Waals surface area contributed by atoms with E-state index >= 15 is 0 Å². The van der Waals surface area contributed by atoms with E-state index in [1.54, 1.807) is 14.0 Å². The molecule has 1 heterocycles. The number of nitrogens with one attached hydrogen (secondary N) is 1. The lowest BCUT2D eigenvalue weighted by Gasteiger charge is -2.10. The Morgan fingerprint density at radius 3 is 2.63 bits per heavy atom. The zero-order valence-corrected chi connectivity index (χ0v) is 14.6. The molecule has 0 aliphatic rings. The van der Waals surface area contributed by atoms with E-state index in [0.29, 0.717) is 11.6 Å². The van der Waals surface area contributed by atoms with Gasteiger partial charge in [-0.1, -0.05) is 18.2 Å². The molecule has 0 aliphatic heterocycles. The van der Waals surface area contributed by atoms with Crippen LogP contribution in [0.2, 0.25) is 0 Å². The average Bonchev–Trinajstić information content (AvgIpc) is 3.18. The second-order valence-electron chi connectivity index (χ2n) is 5.60. The van der Waals surface area contributed by atoms with Crippen molar-refractivity contribution >= 4 is 17.3 Å². The van der Waals surface area contributed by atoms with Crippen LogP contribution in [0.1, 0.15) is 29.3 Å². The highest BCUT2D eigenvalue weighted by molar-refractivity contribution is 5.91. The van der Waals surface area contributed by atoms with Crippen LogP contribution in [0.5, 0.6) is 0 Å². The topological polar surface area (TPSA) is 120 Å². The summed E-state index contributed by atoms with van der Waals surface area (Å²) in [7, 11) is 1.56. The summed E-state index contributed by atoms with van der Waals surface area (Å²) in [5.41, 5.74) is 0.876. The molecule has 3 rings (SSSR count). The molecule has 0 spiro atoms. The maximum atomic E-state index is 12.3. The van der Waals surface area contributed by atoms with E-state index in [1.807, 2.05) is 30.3 Å². The molecule has 1 aromatic heterocycles. The predicted molar refractivity (Wildman–Crippen MR) is 96.2 cm³/mol. The third-order valence-corrected chi connectivity index (χ3v) is 3.79. The zero-order valence-electron chi connectivity index (χ0n) is 14.6. The molecule has 27 heavy (non-hydrogen) atoms. The molecule has 1 N–H and O–H groups in total. The summed E-state index contributed by atoms with van der Waals surface area (Å²) in [6.45, 7) is 1.58. The van der Waals surface area contributed by atoms with E-state index < -0.39 is 17.0 Å². The standard InChI is InChI=1S/C18H16N4O5/c1-11(16-20-21-17(27-16)12-6-4-3-5-7-12)26-18(23)13-8-9-14(19-2)15(10-13)22(24)25/h3-11,19H,1-2H3/t11-/m1/s1. The van der Waals surface area contributed by atoms with Gasteiger partial charge in [0.15, 0.2) is 6.10 Å². The normalized spacial score (nSPS) is 11.6. The average molecular weight is 368 g/mol. The summed E-state index contributed by atoms with van der Waals surface area (Å²) in [6.07, 6.45) is -0.814.